The van der Waals surface area contributed by atoms with Crippen LogP contribution in [0.1, 0.15) is 24.0 Å². The molecule has 118 valence electrons. The van der Waals surface area contributed by atoms with Crippen molar-refractivity contribution < 1.29 is 19.1 Å². The molecule has 0 heterocycles. The Balaban J connectivity index is 2.14. The number of nitriles is 1. The molecule has 0 saturated heterocycles. The van der Waals surface area contributed by atoms with Crippen LogP contribution in [0.2, 0.25) is 0 Å². The lowest BCUT2D eigenvalue weighted by atomic mass is 9.84. The van der Waals surface area contributed by atoms with E-state index in [1.807, 2.05) is 30.4 Å². The first kappa shape index (κ1) is 16.5. The first-order chi connectivity index (χ1) is 11.1. The molecule has 0 unspecified atom stereocenters. The van der Waals surface area contributed by atoms with Crippen LogP contribution < -0.4 is 0 Å². The van der Waals surface area contributed by atoms with Crippen molar-refractivity contribution >= 4 is 18.0 Å². The lowest BCUT2D eigenvalue weighted by Crippen LogP contribution is -2.39. The zero-order valence-electron chi connectivity index (χ0n) is 13.0. The van der Waals surface area contributed by atoms with Crippen LogP contribution in [-0.4, -0.2) is 26.2 Å². The maximum Gasteiger partial charge on any atom is 0.323 e. The van der Waals surface area contributed by atoms with Crippen LogP contribution in [0.3, 0.4) is 0 Å². The van der Waals surface area contributed by atoms with Crippen molar-refractivity contribution in [2.24, 2.45) is 5.41 Å². The lowest BCUT2D eigenvalue weighted by Gasteiger charge is -2.22. The number of carbonyl (C=O) groups is 2. The molecule has 0 spiro atoms. The third kappa shape index (κ3) is 3.32. The standard InChI is InChI=1S/C18H17NO4/c1-22-16(20)18(17(21)23-2)10-9-14(11-18)6-3-13-4-7-15(12-19)8-5-13/h3-9H,10-11H2,1-2H3/b6-3+. The highest BCUT2D eigenvalue weighted by atomic mass is 16.5. The van der Waals surface area contributed by atoms with Gasteiger partial charge in [0.2, 0.25) is 0 Å². The van der Waals surface area contributed by atoms with E-state index in [4.69, 9.17) is 14.7 Å². The zero-order chi connectivity index (χ0) is 16.9. The number of rotatable bonds is 4. The van der Waals surface area contributed by atoms with Gasteiger partial charge in [0.25, 0.3) is 0 Å². The van der Waals surface area contributed by atoms with Gasteiger partial charge in [-0.05, 0) is 30.5 Å². The molecule has 1 aromatic rings. The molecule has 1 aliphatic rings. The summed E-state index contributed by atoms with van der Waals surface area (Å²) in [5.74, 6) is -1.16. The van der Waals surface area contributed by atoms with E-state index in [9.17, 15) is 9.59 Å². The lowest BCUT2D eigenvalue weighted by molar-refractivity contribution is -0.168. The maximum absolute atomic E-state index is 12.0. The van der Waals surface area contributed by atoms with Crippen LogP contribution in [0.15, 0.2) is 42.0 Å². The Morgan fingerprint density at radius 2 is 1.74 bits per heavy atom. The first-order valence-electron chi connectivity index (χ1n) is 7.10. The van der Waals surface area contributed by atoms with Gasteiger partial charge in [-0.3, -0.25) is 9.59 Å². The second kappa shape index (κ2) is 6.93. The van der Waals surface area contributed by atoms with E-state index < -0.39 is 17.4 Å². The molecular formula is C18H17NO4. The third-order valence-electron chi connectivity index (χ3n) is 3.90. The van der Waals surface area contributed by atoms with Crippen LogP contribution in [0.25, 0.3) is 6.08 Å². The SMILES string of the molecule is COC(=O)C1(C(=O)OC)CC=C(/C=C/c2ccc(C#N)cc2)C1. The predicted molar refractivity (Wildman–Crippen MR) is 84.0 cm³/mol. The van der Waals surface area contributed by atoms with Crippen molar-refractivity contribution in [3.05, 3.63) is 53.1 Å². The molecule has 2 rings (SSSR count). The fourth-order valence-corrected chi connectivity index (χ4v) is 2.58. The summed E-state index contributed by atoms with van der Waals surface area (Å²) >= 11 is 0. The number of ether oxygens (including phenoxy) is 2. The van der Waals surface area contributed by atoms with Crippen LogP contribution in [-0.2, 0) is 19.1 Å². The average Bonchev–Trinajstić information content (AvgIpc) is 3.04. The van der Waals surface area contributed by atoms with Crippen LogP contribution in [0.4, 0.5) is 0 Å². The monoisotopic (exact) mass is 311 g/mol. The van der Waals surface area contributed by atoms with E-state index in [1.165, 1.54) is 14.2 Å². The Kier molecular flexibility index (Phi) is 4.97. The molecule has 0 fully saturated rings. The summed E-state index contributed by atoms with van der Waals surface area (Å²) < 4.78 is 9.54. The molecule has 1 aliphatic carbocycles. The Morgan fingerprint density at radius 1 is 1.13 bits per heavy atom. The Hall–Kier alpha value is -2.87. The number of allylic oxidation sites excluding steroid dienone is 3. The number of carbonyl (C=O) groups excluding carboxylic acids is 2. The van der Waals surface area contributed by atoms with Crippen LogP contribution in [0, 0.1) is 16.7 Å². The molecule has 23 heavy (non-hydrogen) atoms. The summed E-state index contributed by atoms with van der Waals surface area (Å²) in [5, 5.41) is 8.77. The van der Waals surface area contributed by atoms with Crippen molar-refractivity contribution in [1.82, 2.24) is 0 Å². The fourth-order valence-electron chi connectivity index (χ4n) is 2.58. The molecule has 0 radical (unpaired) electrons. The molecule has 0 N–H and O–H groups in total. The molecule has 0 atom stereocenters. The highest BCUT2D eigenvalue weighted by Gasteiger charge is 2.50. The van der Waals surface area contributed by atoms with Crippen molar-refractivity contribution in [2.45, 2.75) is 12.8 Å². The van der Waals surface area contributed by atoms with E-state index in [-0.39, 0.29) is 12.8 Å². The van der Waals surface area contributed by atoms with Gasteiger partial charge in [0, 0.05) is 0 Å². The normalized spacial score (nSPS) is 15.8. The molecule has 5 nitrogen and oxygen atoms in total. The Labute approximate surface area is 134 Å². The minimum atomic E-state index is -1.28. The molecule has 0 amide bonds. The van der Waals surface area contributed by atoms with Crippen molar-refractivity contribution in [3.63, 3.8) is 0 Å². The Morgan fingerprint density at radius 3 is 2.26 bits per heavy atom. The van der Waals surface area contributed by atoms with Gasteiger partial charge >= 0.3 is 11.9 Å². The molecule has 1 aromatic carbocycles. The van der Waals surface area contributed by atoms with E-state index in [0.717, 1.165) is 11.1 Å². The summed E-state index contributed by atoms with van der Waals surface area (Å²) in [5.41, 5.74) is 1.11. The summed E-state index contributed by atoms with van der Waals surface area (Å²) in [6.07, 6.45) is 6.08. The Bertz CT molecular complexity index is 692. The largest absolute Gasteiger partial charge is 0.468 e. The van der Waals surface area contributed by atoms with Gasteiger partial charge < -0.3 is 9.47 Å². The highest BCUT2D eigenvalue weighted by molar-refractivity contribution is 6.01. The second-order valence-electron chi connectivity index (χ2n) is 5.29. The minimum Gasteiger partial charge on any atom is -0.468 e. The van der Waals surface area contributed by atoms with Crippen molar-refractivity contribution in [3.8, 4) is 6.07 Å². The molecular weight excluding hydrogens is 294 g/mol. The van der Waals surface area contributed by atoms with Gasteiger partial charge in [-0.2, -0.15) is 5.26 Å². The summed E-state index contributed by atoms with van der Waals surface area (Å²) in [6, 6.07) is 9.19. The van der Waals surface area contributed by atoms with Gasteiger partial charge in [-0.25, -0.2) is 0 Å². The van der Waals surface area contributed by atoms with E-state index in [2.05, 4.69) is 6.07 Å². The van der Waals surface area contributed by atoms with E-state index >= 15 is 0 Å². The van der Waals surface area contributed by atoms with Crippen LogP contribution in [0.5, 0.6) is 0 Å². The second-order valence-corrected chi connectivity index (χ2v) is 5.29. The topological polar surface area (TPSA) is 76.4 Å². The molecule has 0 aliphatic heterocycles. The first-order valence-corrected chi connectivity index (χ1v) is 7.10. The molecule has 0 aromatic heterocycles. The van der Waals surface area contributed by atoms with Gasteiger partial charge in [-0.1, -0.05) is 35.9 Å². The fraction of sp³-hybridized carbons (Fsp3) is 0.278. The van der Waals surface area contributed by atoms with Crippen LogP contribution >= 0.6 is 0 Å². The number of hydrogen-bond acceptors (Lipinski definition) is 5. The number of methoxy groups -OCH3 is 2. The van der Waals surface area contributed by atoms with Gasteiger partial charge in [0.1, 0.15) is 0 Å². The average molecular weight is 311 g/mol. The van der Waals surface area contributed by atoms with E-state index in [0.29, 0.717) is 5.56 Å². The zero-order valence-corrected chi connectivity index (χ0v) is 13.0. The van der Waals surface area contributed by atoms with Crippen molar-refractivity contribution in [2.75, 3.05) is 14.2 Å². The minimum absolute atomic E-state index is 0.249. The summed E-state index contributed by atoms with van der Waals surface area (Å²) in [4.78, 5) is 24.0. The van der Waals surface area contributed by atoms with Gasteiger partial charge in [0.15, 0.2) is 5.41 Å². The number of esters is 2. The number of hydrogen-bond donors (Lipinski definition) is 0. The summed E-state index contributed by atoms with van der Waals surface area (Å²) in [6.45, 7) is 0. The van der Waals surface area contributed by atoms with Gasteiger partial charge in [0.05, 0.1) is 25.9 Å². The number of nitrogens with zero attached hydrogens (tertiary/aromatic N) is 1. The predicted octanol–water partition coefficient (Wildman–Crippen LogP) is 2.62. The quantitative estimate of drug-likeness (QED) is 0.631. The third-order valence-corrected chi connectivity index (χ3v) is 3.90. The van der Waals surface area contributed by atoms with Crippen molar-refractivity contribution in [1.29, 1.82) is 5.26 Å². The number of benzene rings is 1. The highest BCUT2D eigenvalue weighted by Crippen LogP contribution is 2.40. The molecule has 5 heteroatoms. The smallest absolute Gasteiger partial charge is 0.323 e. The molecule has 0 bridgehead atoms. The summed E-state index contributed by atoms with van der Waals surface area (Å²) in [7, 11) is 2.52. The van der Waals surface area contributed by atoms with E-state index in [1.54, 1.807) is 12.1 Å². The maximum atomic E-state index is 12.0. The molecule has 0 saturated carbocycles. The van der Waals surface area contributed by atoms with Gasteiger partial charge in [-0.15, -0.1) is 0 Å².